The molecule has 0 aromatic carbocycles. The molecular weight excluding hydrogens is 214 g/mol. The van der Waals surface area contributed by atoms with E-state index in [9.17, 15) is 8.42 Å². The number of rotatable bonds is 6. The fourth-order valence-electron chi connectivity index (χ4n) is 1.39. The van der Waals surface area contributed by atoms with Gasteiger partial charge in [-0.15, -0.1) is 0 Å². The van der Waals surface area contributed by atoms with Gasteiger partial charge in [0.15, 0.2) is 0 Å². The number of nitrogens with one attached hydrogen (secondary N) is 1. The van der Waals surface area contributed by atoms with Gasteiger partial charge in [-0.05, 0) is 26.7 Å². The van der Waals surface area contributed by atoms with Gasteiger partial charge in [0.25, 0.3) is 10.2 Å². The molecule has 0 atom stereocenters. The summed E-state index contributed by atoms with van der Waals surface area (Å²) in [7, 11) is -3.40. The van der Waals surface area contributed by atoms with Crippen molar-refractivity contribution in [2.75, 3.05) is 6.54 Å². The topological polar surface area (TPSA) is 73.2 Å². The van der Waals surface area contributed by atoms with Crippen molar-refractivity contribution >= 4 is 10.2 Å². The van der Waals surface area contributed by atoms with Crippen molar-refractivity contribution in [3.63, 3.8) is 0 Å². The summed E-state index contributed by atoms with van der Waals surface area (Å²) in [5.41, 5.74) is 0. The lowest BCUT2D eigenvalue weighted by atomic mass is 10.4. The summed E-state index contributed by atoms with van der Waals surface area (Å²) in [5, 5.41) is 8.47. The van der Waals surface area contributed by atoms with Gasteiger partial charge in [-0.2, -0.15) is 22.7 Å². The molecule has 1 saturated carbocycles. The Hall–Kier alpha value is -0.640. The Balaban J connectivity index is 2.66. The normalized spacial score (nSPS) is 17.0. The average molecular weight is 231 g/mol. The molecule has 1 rings (SSSR count). The highest BCUT2D eigenvalue weighted by Gasteiger charge is 2.36. The van der Waals surface area contributed by atoms with Crippen LogP contribution in [-0.4, -0.2) is 31.4 Å². The standard InChI is InChI=1S/C9H17N3O2S/c1-8(2)11-15(13,14)12(7-3-6-10)9-4-5-9/h8-9,11H,3-5,7H2,1-2H3. The maximum absolute atomic E-state index is 11.8. The van der Waals surface area contributed by atoms with Crippen LogP contribution in [0.2, 0.25) is 0 Å². The zero-order valence-electron chi connectivity index (χ0n) is 9.10. The summed E-state index contributed by atoms with van der Waals surface area (Å²) < 4.78 is 27.6. The van der Waals surface area contributed by atoms with Crippen LogP contribution in [0, 0.1) is 11.3 Å². The predicted octanol–water partition coefficient (Wildman–Crippen LogP) is 0.607. The van der Waals surface area contributed by atoms with E-state index in [1.807, 2.05) is 6.07 Å². The maximum Gasteiger partial charge on any atom is 0.279 e. The molecular formula is C9H17N3O2S. The van der Waals surface area contributed by atoms with Crippen molar-refractivity contribution in [2.24, 2.45) is 0 Å². The zero-order chi connectivity index (χ0) is 11.5. The fraction of sp³-hybridized carbons (Fsp3) is 0.889. The minimum absolute atomic E-state index is 0.106. The van der Waals surface area contributed by atoms with Crippen molar-refractivity contribution < 1.29 is 8.42 Å². The van der Waals surface area contributed by atoms with Gasteiger partial charge < -0.3 is 0 Å². The molecule has 0 bridgehead atoms. The number of hydrogen-bond donors (Lipinski definition) is 1. The largest absolute Gasteiger partial charge is 0.279 e. The molecule has 0 aromatic heterocycles. The van der Waals surface area contributed by atoms with Crippen LogP contribution in [-0.2, 0) is 10.2 Å². The summed E-state index contributed by atoms with van der Waals surface area (Å²) >= 11 is 0. The highest BCUT2D eigenvalue weighted by atomic mass is 32.2. The second-order valence-corrected chi connectivity index (χ2v) is 5.68. The molecule has 5 nitrogen and oxygen atoms in total. The Labute approximate surface area is 91.3 Å². The lowest BCUT2D eigenvalue weighted by molar-refractivity contribution is 0.399. The average Bonchev–Trinajstić information content (AvgIpc) is 2.85. The van der Waals surface area contributed by atoms with Crippen LogP contribution in [0.4, 0.5) is 0 Å². The lowest BCUT2D eigenvalue weighted by Crippen LogP contribution is -2.45. The first-order valence-electron chi connectivity index (χ1n) is 5.13. The minimum atomic E-state index is -3.40. The molecule has 86 valence electrons. The predicted molar refractivity (Wildman–Crippen MR) is 57.1 cm³/mol. The lowest BCUT2D eigenvalue weighted by Gasteiger charge is -2.22. The second kappa shape index (κ2) is 4.92. The van der Waals surface area contributed by atoms with Crippen molar-refractivity contribution in [1.29, 1.82) is 5.26 Å². The third-order valence-electron chi connectivity index (χ3n) is 2.09. The highest BCUT2D eigenvalue weighted by Crippen LogP contribution is 2.28. The second-order valence-electron chi connectivity index (χ2n) is 4.03. The van der Waals surface area contributed by atoms with Gasteiger partial charge in [-0.25, -0.2) is 0 Å². The van der Waals surface area contributed by atoms with Crippen LogP contribution in [0.15, 0.2) is 0 Å². The van der Waals surface area contributed by atoms with E-state index in [2.05, 4.69) is 4.72 Å². The Morgan fingerprint density at radius 3 is 2.53 bits per heavy atom. The fourth-order valence-corrected chi connectivity index (χ4v) is 3.05. The summed E-state index contributed by atoms with van der Waals surface area (Å²) in [5.74, 6) is 0. The van der Waals surface area contributed by atoms with Crippen LogP contribution < -0.4 is 4.72 Å². The smallest absolute Gasteiger partial charge is 0.200 e. The molecule has 0 unspecified atom stereocenters. The van der Waals surface area contributed by atoms with Gasteiger partial charge >= 0.3 is 0 Å². The SMILES string of the molecule is CC(C)NS(=O)(=O)N(CCC#N)C1CC1. The Morgan fingerprint density at radius 1 is 1.53 bits per heavy atom. The minimum Gasteiger partial charge on any atom is -0.200 e. The highest BCUT2D eigenvalue weighted by molar-refractivity contribution is 7.87. The third-order valence-corrected chi connectivity index (χ3v) is 3.96. The first-order valence-corrected chi connectivity index (χ1v) is 6.57. The van der Waals surface area contributed by atoms with Crippen molar-refractivity contribution in [1.82, 2.24) is 9.03 Å². The quantitative estimate of drug-likeness (QED) is 0.727. The first kappa shape index (κ1) is 12.4. The summed E-state index contributed by atoms with van der Waals surface area (Å²) in [6.45, 7) is 3.86. The van der Waals surface area contributed by atoms with Crippen LogP contribution >= 0.6 is 0 Å². The molecule has 0 heterocycles. The van der Waals surface area contributed by atoms with Gasteiger partial charge in [0, 0.05) is 25.0 Å². The van der Waals surface area contributed by atoms with Gasteiger partial charge in [0.2, 0.25) is 0 Å². The molecule has 0 aliphatic heterocycles. The van der Waals surface area contributed by atoms with E-state index >= 15 is 0 Å². The first-order chi connectivity index (χ1) is 6.97. The molecule has 0 radical (unpaired) electrons. The van der Waals surface area contributed by atoms with Gasteiger partial charge in [0.1, 0.15) is 0 Å². The van der Waals surface area contributed by atoms with Crippen molar-refractivity contribution in [3.05, 3.63) is 0 Å². The molecule has 1 aliphatic carbocycles. The molecule has 0 spiro atoms. The van der Waals surface area contributed by atoms with E-state index in [-0.39, 0.29) is 18.5 Å². The maximum atomic E-state index is 11.8. The van der Waals surface area contributed by atoms with E-state index in [0.29, 0.717) is 6.54 Å². The van der Waals surface area contributed by atoms with E-state index in [1.165, 1.54) is 4.31 Å². The monoisotopic (exact) mass is 231 g/mol. The summed E-state index contributed by atoms with van der Waals surface area (Å²) in [6.07, 6.45) is 2.06. The number of nitrogens with zero attached hydrogens (tertiary/aromatic N) is 2. The van der Waals surface area contributed by atoms with Gasteiger partial charge in [-0.3, -0.25) is 0 Å². The van der Waals surface area contributed by atoms with Crippen molar-refractivity contribution in [3.8, 4) is 6.07 Å². The van der Waals surface area contributed by atoms with E-state index in [4.69, 9.17) is 5.26 Å². The van der Waals surface area contributed by atoms with E-state index in [0.717, 1.165) is 12.8 Å². The Morgan fingerprint density at radius 2 is 2.13 bits per heavy atom. The molecule has 0 amide bonds. The van der Waals surface area contributed by atoms with Crippen LogP contribution in [0.5, 0.6) is 0 Å². The molecule has 6 heteroatoms. The molecule has 0 saturated heterocycles. The van der Waals surface area contributed by atoms with E-state index in [1.54, 1.807) is 13.8 Å². The van der Waals surface area contributed by atoms with Crippen LogP contribution in [0.1, 0.15) is 33.1 Å². The summed E-state index contributed by atoms with van der Waals surface area (Å²) in [6, 6.07) is 1.97. The van der Waals surface area contributed by atoms with Crippen molar-refractivity contribution in [2.45, 2.75) is 45.2 Å². The number of hydrogen-bond acceptors (Lipinski definition) is 3. The van der Waals surface area contributed by atoms with E-state index < -0.39 is 10.2 Å². The third kappa shape index (κ3) is 3.78. The van der Waals surface area contributed by atoms with Crippen LogP contribution in [0.25, 0.3) is 0 Å². The molecule has 1 aliphatic rings. The Bertz CT molecular complexity index is 341. The zero-order valence-corrected chi connectivity index (χ0v) is 9.92. The molecule has 0 aromatic rings. The molecule has 1 fully saturated rings. The van der Waals surface area contributed by atoms with Gasteiger partial charge in [0.05, 0.1) is 6.07 Å². The number of nitriles is 1. The summed E-state index contributed by atoms with van der Waals surface area (Å²) in [4.78, 5) is 0. The Kier molecular flexibility index (Phi) is 4.08. The van der Waals surface area contributed by atoms with Crippen LogP contribution in [0.3, 0.4) is 0 Å². The molecule has 15 heavy (non-hydrogen) atoms. The molecule has 1 N–H and O–H groups in total. The van der Waals surface area contributed by atoms with Gasteiger partial charge in [-0.1, -0.05) is 0 Å².